The summed E-state index contributed by atoms with van der Waals surface area (Å²) in [5.41, 5.74) is 10.7. The molecule has 0 spiro atoms. The number of ether oxygens (including phenoxy) is 1. The van der Waals surface area contributed by atoms with E-state index in [1.165, 1.54) is 0 Å². The van der Waals surface area contributed by atoms with E-state index in [1.54, 1.807) is 6.20 Å². The second kappa shape index (κ2) is 9.13. The minimum absolute atomic E-state index is 0.279. The topological polar surface area (TPSA) is 108 Å². The Balaban J connectivity index is 1.72. The number of benzene rings is 1. The lowest BCUT2D eigenvalue weighted by Crippen LogP contribution is -2.32. The molecule has 0 atom stereocenters. The highest BCUT2D eigenvalue weighted by molar-refractivity contribution is 5.83. The molecule has 0 unspecified atom stereocenters. The highest BCUT2D eigenvalue weighted by Crippen LogP contribution is 2.31. The fourth-order valence-electron chi connectivity index (χ4n) is 3.58. The molecular formula is C26H30N6O2. The molecule has 3 N–H and O–H groups in total. The van der Waals surface area contributed by atoms with Gasteiger partial charge in [0.05, 0.1) is 5.56 Å². The first-order valence-electron chi connectivity index (χ1n) is 11.3. The third-order valence-corrected chi connectivity index (χ3v) is 5.23. The second-order valence-electron chi connectivity index (χ2n) is 9.46. The number of nitrogens with two attached hydrogens (primary N) is 1. The summed E-state index contributed by atoms with van der Waals surface area (Å²) in [6.07, 6.45) is 1.21. The van der Waals surface area contributed by atoms with Gasteiger partial charge < -0.3 is 15.8 Å². The van der Waals surface area contributed by atoms with Crippen molar-refractivity contribution in [2.45, 2.75) is 52.7 Å². The van der Waals surface area contributed by atoms with Gasteiger partial charge in [-0.15, -0.1) is 0 Å². The van der Waals surface area contributed by atoms with Crippen LogP contribution in [-0.4, -0.2) is 31.2 Å². The van der Waals surface area contributed by atoms with Gasteiger partial charge in [0.25, 0.3) is 0 Å². The number of aromatic nitrogens is 4. The van der Waals surface area contributed by atoms with Gasteiger partial charge in [-0.3, -0.25) is 4.57 Å². The predicted molar refractivity (Wildman–Crippen MR) is 134 cm³/mol. The number of nitrogen functional groups attached to an aromatic ring is 1. The van der Waals surface area contributed by atoms with Crippen LogP contribution in [-0.2, 0) is 11.3 Å². The Morgan fingerprint density at radius 3 is 2.47 bits per heavy atom. The minimum atomic E-state index is -0.539. The van der Waals surface area contributed by atoms with E-state index in [-0.39, 0.29) is 5.92 Å². The van der Waals surface area contributed by atoms with Crippen LogP contribution in [0.2, 0.25) is 0 Å². The molecule has 176 valence electrons. The van der Waals surface area contributed by atoms with Crippen molar-refractivity contribution in [1.82, 2.24) is 24.8 Å². The average Bonchev–Trinajstić information content (AvgIpc) is 3.15. The van der Waals surface area contributed by atoms with E-state index in [0.717, 1.165) is 33.7 Å². The molecule has 0 aliphatic heterocycles. The van der Waals surface area contributed by atoms with E-state index in [1.807, 2.05) is 73.9 Å². The molecule has 3 heterocycles. The third-order valence-electron chi connectivity index (χ3n) is 5.23. The summed E-state index contributed by atoms with van der Waals surface area (Å²) in [5.74, 6) is 1.36. The Morgan fingerprint density at radius 1 is 1.09 bits per heavy atom. The van der Waals surface area contributed by atoms with Crippen LogP contribution in [0.4, 0.5) is 10.6 Å². The molecular weight excluding hydrogens is 428 g/mol. The van der Waals surface area contributed by atoms with Crippen LogP contribution in [0.15, 0.2) is 54.7 Å². The maximum atomic E-state index is 12.0. The van der Waals surface area contributed by atoms with E-state index in [4.69, 9.17) is 20.4 Å². The number of hydrogen-bond donors (Lipinski definition) is 2. The van der Waals surface area contributed by atoms with Crippen molar-refractivity contribution in [3.8, 4) is 17.1 Å². The van der Waals surface area contributed by atoms with Crippen LogP contribution in [0.25, 0.3) is 28.2 Å². The third kappa shape index (κ3) is 5.01. The first-order valence-corrected chi connectivity index (χ1v) is 11.3. The number of fused-ring (bicyclic) bond motifs is 1. The largest absolute Gasteiger partial charge is 0.444 e. The monoisotopic (exact) mass is 458 g/mol. The zero-order valence-corrected chi connectivity index (χ0v) is 20.2. The van der Waals surface area contributed by atoms with Gasteiger partial charge in [-0.05, 0) is 68.7 Å². The van der Waals surface area contributed by atoms with Gasteiger partial charge in [0.2, 0.25) is 0 Å². The van der Waals surface area contributed by atoms with Crippen molar-refractivity contribution in [3.63, 3.8) is 0 Å². The smallest absolute Gasteiger partial charge is 0.407 e. The van der Waals surface area contributed by atoms with E-state index >= 15 is 0 Å². The summed E-state index contributed by atoms with van der Waals surface area (Å²) >= 11 is 0. The molecule has 0 bridgehead atoms. The molecule has 0 fully saturated rings. The zero-order chi connectivity index (χ0) is 24.5. The molecule has 0 saturated carbocycles. The standard InChI is InChI=1S/C26H30N6O2/c1-16(2)20-12-13-21-24(30-20)32(23(31-21)19-7-6-14-28-22(19)27)18-10-8-17(9-11-18)15-29-25(33)34-26(3,4)5/h6-14,16H,15H2,1-5H3,(H2,27,28)(H,29,33). The maximum Gasteiger partial charge on any atom is 0.407 e. The number of rotatable bonds is 5. The number of hydrogen-bond acceptors (Lipinski definition) is 6. The number of alkyl carbamates (subject to hydrolysis) is 1. The second-order valence-corrected chi connectivity index (χ2v) is 9.46. The van der Waals surface area contributed by atoms with Crippen molar-refractivity contribution >= 4 is 23.1 Å². The van der Waals surface area contributed by atoms with Crippen LogP contribution in [0.5, 0.6) is 0 Å². The Morgan fingerprint density at radius 2 is 1.82 bits per heavy atom. The molecule has 4 aromatic rings. The number of carbonyl (C=O) groups excluding carboxylic acids is 1. The van der Waals surface area contributed by atoms with Crippen molar-refractivity contribution in [1.29, 1.82) is 0 Å². The normalized spacial score (nSPS) is 11.7. The Kier molecular flexibility index (Phi) is 6.24. The summed E-state index contributed by atoms with van der Waals surface area (Å²) in [7, 11) is 0. The highest BCUT2D eigenvalue weighted by Gasteiger charge is 2.19. The van der Waals surface area contributed by atoms with Crippen molar-refractivity contribution in [2.75, 3.05) is 5.73 Å². The lowest BCUT2D eigenvalue weighted by molar-refractivity contribution is 0.0523. The first kappa shape index (κ1) is 23.2. The van der Waals surface area contributed by atoms with Crippen LogP contribution in [0.1, 0.15) is 51.8 Å². The van der Waals surface area contributed by atoms with E-state index in [2.05, 4.69) is 24.1 Å². The van der Waals surface area contributed by atoms with Gasteiger partial charge in [-0.1, -0.05) is 26.0 Å². The van der Waals surface area contributed by atoms with Gasteiger partial charge in [-0.2, -0.15) is 0 Å². The molecule has 3 aromatic heterocycles. The molecule has 34 heavy (non-hydrogen) atoms. The molecule has 0 saturated heterocycles. The molecule has 1 aromatic carbocycles. The van der Waals surface area contributed by atoms with Crippen molar-refractivity contribution in [3.05, 3.63) is 66.0 Å². The molecule has 4 rings (SSSR count). The minimum Gasteiger partial charge on any atom is -0.444 e. The highest BCUT2D eigenvalue weighted by atomic mass is 16.6. The quantitative estimate of drug-likeness (QED) is 0.425. The fourth-order valence-corrected chi connectivity index (χ4v) is 3.58. The molecule has 8 heteroatoms. The Hall–Kier alpha value is -3.94. The number of nitrogens with zero attached hydrogens (tertiary/aromatic N) is 4. The zero-order valence-electron chi connectivity index (χ0n) is 20.2. The molecule has 8 nitrogen and oxygen atoms in total. The van der Waals surface area contributed by atoms with Gasteiger partial charge >= 0.3 is 6.09 Å². The van der Waals surface area contributed by atoms with Crippen molar-refractivity contribution in [2.24, 2.45) is 0 Å². The summed E-state index contributed by atoms with van der Waals surface area (Å²) < 4.78 is 7.31. The average molecular weight is 459 g/mol. The van der Waals surface area contributed by atoms with Gasteiger partial charge in [0.1, 0.15) is 16.9 Å². The lowest BCUT2D eigenvalue weighted by atomic mass is 10.1. The number of pyridine rings is 2. The Labute approximate surface area is 199 Å². The van der Waals surface area contributed by atoms with Crippen LogP contribution < -0.4 is 11.1 Å². The predicted octanol–water partition coefficient (Wildman–Crippen LogP) is 5.21. The number of amides is 1. The van der Waals surface area contributed by atoms with Gasteiger partial charge in [0, 0.05) is 24.1 Å². The number of carbonyl (C=O) groups is 1. The summed E-state index contributed by atoms with van der Waals surface area (Å²) in [4.78, 5) is 26.0. The molecule has 0 radical (unpaired) electrons. The van der Waals surface area contributed by atoms with Gasteiger partial charge in [0.15, 0.2) is 11.5 Å². The van der Waals surface area contributed by atoms with Crippen molar-refractivity contribution < 1.29 is 9.53 Å². The lowest BCUT2D eigenvalue weighted by Gasteiger charge is -2.19. The number of anilines is 1. The maximum absolute atomic E-state index is 12.0. The summed E-state index contributed by atoms with van der Waals surface area (Å²) in [6.45, 7) is 10.1. The molecule has 0 aliphatic rings. The van der Waals surface area contributed by atoms with E-state index in [9.17, 15) is 4.79 Å². The summed E-state index contributed by atoms with van der Waals surface area (Å²) in [5, 5.41) is 2.79. The van der Waals surface area contributed by atoms with E-state index in [0.29, 0.717) is 18.2 Å². The van der Waals surface area contributed by atoms with Gasteiger partial charge in [-0.25, -0.2) is 19.7 Å². The number of nitrogens with one attached hydrogen (secondary N) is 1. The first-order chi connectivity index (χ1) is 16.1. The SMILES string of the molecule is CC(C)c1ccc2nc(-c3cccnc3N)n(-c3ccc(CNC(=O)OC(C)(C)C)cc3)c2n1. The molecule has 0 aliphatic carbocycles. The van der Waals surface area contributed by atoms with Crippen LogP contribution >= 0.6 is 0 Å². The van der Waals surface area contributed by atoms with Crippen LogP contribution in [0, 0.1) is 0 Å². The number of imidazole rings is 1. The summed E-state index contributed by atoms with van der Waals surface area (Å²) in [6, 6.07) is 15.6. The molecule has 1 amide bonds. The fraction of sp³-hybridized carbons (Fsp3) is 0.308. The van der Waals surface area contributed by atoms with E-state index < -0.39 is 11.7 Å². The van der Waals surface area contributed by atoms with Crippen LogP contribution in [0.3, 0.4) is 0 Å². The Bertz CT molecular complexity index is 1320.